The molecule has 1 aliphatic carbocycles. The summed E-state index contributed by atoms with van der Waals surface area (Å²) in [6, 6.07) is 28.4. The van der Waals surface area contributed by atoms with Gasteiger partial charge >= 0.3 is 137 Å². The second-order valence-corrected chi connectivity index (χ2v) is 13.7. The van der Waals surface area contributed by atoms with E-state index >= 15 is 0 Å². The van der Waals surface area contributed by atoms with Crippen molar-refractivity contribution < 1.29 is 75.4 Å². The van der Waals surface area contributed by atoms with Gasteiger partial charge in [-0.05, 0) is 0 Å². The molecular formula is C40H36Cl2F6Zr-2. The van der Waals surface area contributed by atoms with Gasteiger partial charge in [-0.3, -0.25) is 6.08 Å². The fourth-order valence-electron chi connectivity index (χ4n) is 5.18. The summed E-state index contributed by atoms with van der Waals surface area (Å²) in [5.41, 5.74) is 1.35. The van der Waals surface area contributed by atoms with Gasteiger partial charge in [0.25, 0.3) is 0 Å². The minimum Gasteiger partial charge on any atom is -1.00 e. The number of fused-ring (bicyclic) bond motifs is 3. The normalized spacial score (nSPS) is 14.1. The van der Waals surface area contributed by atoms with Crippen molar-refractivity contribution in [1.29, 1.82) is 0 Å². The van der Waals surface area contributed by atoms with Crippen LogP contribution in [0.25, 0.3) is 21.5 Å². The first kappa shape index (κ1) is 42.3. The van der Waals surface area contributed by atoms with Crippen molar-refractivity contribution in [3.63, 3.8) is 0 Å². The Kier molecular flexibility index (Phi) is 15.4. The molecule has 0 aromatic heterocycles. The monoisotopic (exact) mass is 790 g/mol. The molecule has 0 heterocycles. The van der Waals surface area contributed by atoms with Crippen LogP contribution >= 0.6 is 0 Å². The Morgan fingerprint density at radius 1 is 0.673 bits per heavy atom. The van der Waals surface area contributed by atoms with E-state index in [0.717, 1.165) is 48.5 Å². The summed E-state index contributed by atoms with van der Waals surface area (Å²) < 4.78 is 75.6. The zero-order chi connectivity index (χ0) is 34.4. The number of allylic oxidation sites excluding steroid dienone is 4. The van der Waals surface area contributed by atoms with Crippen molar-refractivity contribution in [2.75, 3.05) is 0 Å². The quantitative estimate of drug-likeness (QED) is 0.148. The maximum atomic E-state index is 12.5. The van der Waals surface area contributed by atoms with Gasteiger partial charge in [0.15, 0.2) is 0 Å². The first-order chi connectivity index (χ1) is 22.1. The summed E-state index contributed by atoms with van der Waals surface area (Å²) in [6.45, 7) is 8.99. The van der Waals surface area contributed by atoms with E-state index in [-0.39, 0.29) is 24.8 Å². The van der Waals surface area contributed by atoms with E-state index in [2.05, 4.69) is 101 Å². The predicted molar refractivity (Wildman–Crippen MR) is 177 cm³/mol. The molecule has 1 atom stereocenters. The van der Waals surface area contributed by atoms with Gasteiger partial charge in [-0.15, -0.1) is 39.7 Å². The van der Waals surface area contributed by atoms with E-state index in [1.54, 1.807) is 0 Å². The van der Waals surface area contributed by atoms with Crippen molar-refractivity contribution in [2.24, 2.45) is 11.3 Å². The van der Waals surface area contributed by atoms with Crippen LogP contribution in [0.2, 0.25) is 0 Å². The van der Waals surface area contributed by atoms with E-state index in [1.807, 2.05) is 0 Å². The third kappa shape index (κ3) is 11.6. The van der Waals surface area contributed by atoms with Gasteiger partial charge in [0.1, 0.15) is 0 Å². The fourth-order valence-corrected chi connectivity index (χ4v) is 6.00. The summed E-state index contributed by atoms with van der Waals surface area (Å²) in [7, 11) is 0. The average Bonchev–Trinajstić information content (AvgIpc) is 3.66. The van der Waals surface area contributed by atoms with Crippen LogP contribution in [0.5, 0.6) is 0 Å². The fraction of sp³-hybridized carbons (Fsp3) is 0.250. The van der Waals surface area contributed by atoms with E-state index in [1.165, 1.54) is 64.2 Å². The average molecular weight is 793 g/mol. The number of halogens is 8. The van der Waals surface area contributed by atoms with Gasteiger partial charge in [-0.2, -0.15) is 11.6 Å². The van der Waals surface area contributed by atoms with Crippen LogP contribution in [0.15, 0.2) is 121 Å². The summed E-state index contributed by atoms with van der Waals surface area (Å²) in [6.07, 6.45) is 1.61. The first-order valence-corrected chi connectivity index (χ1v) is 16.6. The number of hydrogen-bond donors (Lipinski definition) is 0. The molecule has 0 aliphatic heterocycles. The van der Waals surface area contributed by atoms with Gasteiger partial charge in [0.2, 0.25) is 0 Å². The molecule has 5 aromatic rings. The second kappa shape index (κ2) is 17.9. The van der Waals surface area contributed by atoms with Crippen molar-refractivity contribution in [3.8, 4) is 0 Å². The molecule has 0 saturated carbocycles. The Morgan fingerprint density at radius 3 is 1.43 bits per heavy atom. The van der Waals surface area contributed by atoms with E-state index in [0.29, 0.717) is 25.7 Å². The van der Waals surface area contributed by atoms with Gasteiger partial charge < -0.3 is 24.8 Å². The second-order valence-electron chi connectivity index (χ2n) is 12.4. The molecule has 1 unspecified atom stereocenters. The molecule has 258 valence electrons. The summed E-state index contributed by atoms with van der Waals surface area (Å²) in [4.78, 5) is 0. The van der Waals surface area contributed by atoms with Crippen LogP contribution in [-0.2, 0) is 36.6 Å². The maximum absolute atomic E-state index is 12.5. The van der Waals surface area contributed by atoms with Crippen LogP contribution in [0.1, 0.15) is 62.8 Å². The minimum absolute atomic E-state index is 0. The molecule has 6 rings (SSSR count). The number of alkyl halides is 6. The van der Waals surface area contributed by atoms with Crippen LogP contribution < -0.4 is 24.8 Å². The molecule has 49 heavy (non-hydrogen) atoms. The molecule has 1 aliphatic rings. The summed E-state index contributed by atoms with van der Waals surface area (Å²) in [5, 5.41) is 5.39. The molecule has 0 spiro atoms. The first-order valence-electron chi connectivity index (χ1n) is 15.4. The predicted octanol–water partition coefficient (Wildman–Crippen LogP) is 6.31. The molecule has 0 N–H and O–H groups in total. The maximum Gasteiger partial charge on any atom is -0.0771 e. The van der Waals surface area contributed by atoms with Crippen molar-refractivity contribution in [1.82, 2.24) is 0 Å². The molecule has 0 saturated heterocycles. The SMILES string of the molecule is CCCC1[C-]=CC(C(C)(C)C)=C1.FC(F)(F)c1ccc([C](=[Zr+2])c2ccc(C(F)(F)F)cc2)cc1.[Cl-].[Cl-].c1ccc2c(c1)[cH-]c1ccccc12. The van der Waals surface area contributed by atoms with Crippen molar-refractivity contribution in [2.45, 2.75) is 52.9 Å². The Hall–Kier alpha value is -2.86. The molecule has 9 heteroatoms. The van der Waals surface area contributed by atoms with E-state index in [9.17, 15) is 26.3 Å². The zero-order valence-corrected chi connectivity index (χ0v) is 31.5. The van der Waals surface area contributed by atoms with Crippen molar-refractivity contribution >= 4 is 24.8 Å². The molecule has 0 amide bonds. The Morgan fingerprint density at radius 2 is 1.08 bits per heavy atom. The van der Waals surface area contributed by atoms with Gasteiger partial charge in [0, 0.05) is 0 Å². The van der Waals surface area contributed by atoms with Gasteiger partial charge in [-0.25, -0.2) is 6.08 Å². The van der Waals surface area contributed by atoms with Crippen LogP contribution in [-0.4, -0.2) is 3.21 Å². The smallest absolute Gasteiger partial charge is 0.0771 e. The third-order valence-corrected chi connectivity index (χ3v) is 9.24. The zero-order valence-electron chi connectivity index (χ0n) is 27.5. The Balaban J connectivity index is 0.000000265. The largest absolute Gasteiger partial charge is 1.00 e. The van der Waals surface area contributed by atoms with Crippen LogP contribution in [0.3, 0.4) is 0 Å². The van der Waals surface area contributed by atoms with E-state index in [4.69, 9.17) is 0 Å². The number of rotatable bonds is 4. The summed E-state index contributed by atoms with van der Waals surface area (Å²) >= 11 is 0.898. The van der Waals surface area contributed by atoms with E-state index < -0.39 is 23.5 Å². The topological polar surface area (TPSA) is 0 Å². The molecule has 5 aromatic carbocycles. The van der Waals surface area contributed by atoms with Gasteiger partial charge in [-0.1, -0.05) is 88.3 Å². The molecule has 0 radical (unpaired) electrons. The third-order valence-electron chi connectivity index (χ3n) is 7.82. The number of hydrogen-bond acceptors (Lipinski definition) is 0. The molecule has 0 bridgehead atoms. The molecular weight excluding hydrogens is 757 g/mol. The Bertz CT molecular complexity index is 1750. The number of benzene rings is 4. The summed E-state index contributed by atoms with van der Waals surface area (Å²) in [5.74, 6) is 0.587. The molecule has 0 nitrogen and oxygen atoms in total. The molecule has 0 fully saturated rings. The van der Waals surface area contributed by atoms with Crippen LogP contribution in [0.4, 0.5) is 26.3 Å². The minimum atomic E-state index is -4.41. The van der Waals surface area contributed by atoms with Crippen molar-refractivity contribution in [3.05, 3.63) is 149 Å². The Labute approximate surface area is 311 Å². The van der Waals surface area contributed by atoms with Crippen LogP contribution in [0, 0.1) is 17.4 Å². The standard InChI is InChI=1S/C15H8F6.C13H9.C12H19.2ClH.Zr/c16-14(17,18)12-5-1-10(2-6-12)9-11-3-7-13(8-4-11)15(19,20)21;1-3-7-12-10(5-1)9-11-6-2-4-8-13(11)12;1-5-6-10-7-8-11(9-10)12(2,3)4;;;/h1-8H;1-9H;8-10H,5-6H2,1-4H3;2*1H;/q;2*-1;;;+2/p-2. The van der Waals surface area contributed by atoms with Gasteiger partial charge in [0.05, 0.1) is 0 Å².